The highest BCUT2D eigenvalue weighted by Gasteiger charge is 2.47. The van der Waals surface area contributed by atoms with Crippen molar-refractivity contribution in [2.24, 2.45) is 18.2 Å². The third-order valence-corrected chi connectivity index (χ3v) is 7.65. The van der Waals surface area contributed by atoms with Crippen molar-refractivity contribution in [3.63, 3.8) is 0 Å². The first-order valence-corrected chi connectivity index (χ1v) is 11.0. The number of anilines is 1. The molecule has 0 amide bonds. The first-order valence-electron chi connectivity index (χ1n) is 10.2. The number of aliphatic hydroxyl groups excluding tert-OH is 1. The predicted molar refractivity (Wildman–Crippen MR) is 113 cm³/mol. The molecule has 10 heteroatoms. The summed E-state index contributed by atoms with van der Waals surface area (Å²) < 4.78 is 3.85. The molecule has 3 aromatic heterocycles. The molecule has 3 N–H and O–H groups in total. The van der Waals surface area contributed by atoms with Gasteiger partial charge in [0.25, 0.3) is 0 Å². The number of nitrogens with zero attached hydrogens (tertiary/aromatic N) is 7. The van der Waals surface area contributed by atoms with Gasteiger partial charge in [-0.25, -0.2) is 9.97 Å². The normalized spacial score (nSPS) is 20.1. The second-order valence-corrected chi connectivity index (χ2v) is 9.19. The summed E-state index contributed by atoms with van der Waals surface area (Å²) in [7, 11) is 1.90. The maximum atomic E-state index is 10.00. The van der Waals surface area contributed by atoms with Crippen molar-refractivity contribution in [3.05, 3.63) is 41.6 Å². The number of rotatable bonds is 4. The monoisotopic (exact) mass is 426 g/mol. The minimum absolute atomic E-state index is 0.0185. The van der Waals surface area contributed by atoms with Crippen molar-refractivity contribution in [3.8, 4) is 0 Å². The zero-order valence-electron chi connectivity index (χ0n) is 17.2. The zero-order chi connectivity index (χ0) is 20.9. The van der Waals surface area contributed by atoms with E-state index in [9.17, 15) is 5.11 Å². The molecule has 2 aliphatic rings. The van der Waals surface area contributed by atoms with Gasteiger partial charge < -0.3 is 15.7 Å². The second kappa shape index (κ2) is 7.36. The fourth-order valence-electron chi connectivity index (χ4n) is 4.62. The fourth-order valence-corrected chi connectivity index (χ4v) is 5.48. The Hall–Kier alpha value is -2.43. The Kier molecular flexibility index (Phi) is 4.79. The molecule has 158 valence electrons. The number of aromatic nitrogens is 6. The molecule has 9 nitrogen and oxygen atoms in total. The minimum atomic E-state index is -0.141. The zero-order valence-corrected chi connectivity index (χ0v) is 18.0. The number of hydrogen-bond acceptors (Lipinski definition) is 8. The third-order valence-electron chi connectivity index (χ3n) is 6.46. The summed E-state index contributed by atoms with van der Waals surface area (Å²) in [5.41, 5.74) is 9.26. The molecular weight excluding hydrogens is 400 g/mol. The molecule has 5 rings (SSSR count). The molecule has 0 bridgehead atoms. The van der Waals surface area contributed by atoms with Crippen molar-refractivity contribution >= 4 is 17.6 Å². The molecular formula is C20H26N8OS. The average Bonchev–Trinajstić information content (AvgIpc) is 3.43. The van der Waals surface area contributed by atoms with E-state index in [0.29, 0.717) is 5.69 Å². The summed E-state index contributed by atoms with van der Waals surface area (Å²) in [6.07, 6.45) is 5.52. The van der Waals surface area contributed by atoms with Gasteiger partial charge in [-0.15, -0.1) is 0 Å². The lowest BCUT2D eigenvalue weighted by molar-refractivity contribution is 0.170. The Bertz CT molecular complexity index is 1070. The summed E-state index contributed by atoms with van der Waals surface area (Å²) in [4.78, 5) is 11.8. The van der Waals surface area contributed by atoms with Gasteiger partial charge in [0.1, 0.15) is 10.7 Å². The van der Waals surface area contributed by atoms with E-state index < -0.39 is 0 Å². The van der Waals surface area contributed by atoms with Crippen LogP contribution in [0, 0.1) is 12.3 Å². The number of nitrogens with two attached hydrogens (primary N) is 1. The number of hydrogen-bond donors (Lipinski definition) is 2. The molecule has 0 aliphatic carbocycles. The number of aryl methyl sites for hydroxylation is 2. The van der Waals surface area contributed by atoms with E-state index in [2.05, 4.69) is 15.1 Å². The number of aliphatic hydroxyl groups is 1. The van der Waals surface area contributed by atoms with Crippen molar-refractivity contribution in [2.45, 2.75) is 49.0 Å². The molecule has 1 atom stereocenters. The molecule has 0 radical (unpaired) electrons. The second-order valence-electron chi connectivity index (χ2n) is 8.18. The molecule has 5 heterocycles. The Morgan fingerprint density at radius 1 is 1.20 bits per heavy atom. The molecule has 1 spiro atoms. The largest absolute Gasteiger partial charge is 0.390 e. The molecule has 1 unspecified atom stereocenters. The van der Waals surface area contributed by atoms with E-state index in [-0.39, 0.29) is 18.1 Å². The molecule has 0 saturated carbocycles. The van der Waals surface area contributed by atoms with Gasteiger partial charge in [0.05, 0.1) is 35.3 Å². The van der Waals surface area contributed by atoms with Gasteiger partial charge in [0.15, 0.2) is 5.82 Å². The van der Waals surface area contributed by atoms with E-state index in [4.69, 9.17) is 15.7 Å². The van der Waals surface area contributed by atoms with Crippen LogP contribution in [0.3, 0.4) is 0 Å². The van der Waals surface area contributed by atoms with Gasteiger partial charge >= 0.3 is 0 Å². The quantitative estimate of drug-likeness (QED) is 0.648. The van der Waals surface area contributed by atoms with Gasteiger partial charge in [-0.1, -0.05) is 0 Å². The van der Waals surface area contributed by atoms with Gasteiger partial charge in [0, 0.05) is 38.3 Å². The predicted octanol–water partition coefficient (Wildman–Crippen LogP) is 1.66. The average molecular weight is 427 g/mol. The lowest BCUT2D eigenvalue weighted by atomic mass is 9.73. The summed E-state index contributed by atoms with van der Waals surface area (Å²) in [6, 6.07) is 3.99. The molecule has 30 heavy (non-hydrogen) atoms. The number of fused-ring (bicyclic) bond motifs is 1. The molecule has 2 aliphatic heterocycles. The Morgan fingerprint density at radius 2 is 1.97 bits per heavy atom. The first kappa shape index (κ1) is 19.5. The molecule has 1 saturated heterocycles. The van der Waals surface area contributed by atoms with Gasteiger partial charge in [-0.05, 0) is 43.7 Å². The molecule has 1 fully saturated rings. The van der Waals surface area contributed by atoms with E-state index in [1.807, 2.05) is 37.0 Å². The molecule has 0 aromatic carbocycles. The summed E-state index contributed by atoms with van der Waals surface area (Å²) in [5, 5.41) is 20.4. The van der Waals surface area contributed by atoms with Crippen LogP contribution in [0.2, 0.25) is 0 Å². The van der Waals surface area contributed by atoms with Crippen LogP contribution in [0.4, 0.5) is 5.82 Å². The van der Waals surface area contributed by atoms with Crippen LogP contribution >= 0.6 is 11.8 Å². The topological polar surface area (TPSA) is 111 Å². The van der Waals surface area contributed by atoms with Crippen LogP contribution in [0.15, 0.2) is 34.6 Å². The van der Waals surface area contributed by atoms with Crippen LogP contribution < -0.4 is 10.6 Å². The SMILES string of the molecule is Cc1nc(N2CCC3(CC2)Cn2nccc2C3N)c(CO)nc1Sc1ccnn1C. The highest BCUT2D eigenvalue weighted by Crippen LogP contribution is 2.48. The van der Waals surface area contributed by atoms with Crippen LogP contribution in [-0.2, 0) is 20.2 Å². The van der Waals surface area contributed by atoms with Gasteiger partial charge in [-0.2, -0.15) is 10.2 Å². The highest BCUT2D eigenvalue weighted by atomic mass is 32.2. The van der Waals surface area contributed by atoms with Crippen LogP contribution in [-0.4, -0.2) is 47.7 Å². The third kappa shape index (κ3) is 3.10. The maximum Gasteiger partial charge on any atom is 0.153 e. The van der Waals surface area contributed by atoms with Crippen LogP contribution in [0.1, 0.15) is 36.0 Å². The smallest absolute Gasteiger partial charge is 0.153 e. The van der Waals surface area contributed by atoms with E-state index in [1.165, 1.54) is 11.8 Å². The fraction of sp³-hybridized carbons (Fsp3) is 0.500. The van der Waals surface area contributed by atoms with Gasteiger partial charge in [0.2, 0.25) is 0 Å². The summed E-state index contributed by atoms with van der Waals surface area (Å²) in [5.74, 6) is 0.781. The Morgan fingerprint density at radius 3 is 2.63 bits per heavy atom. The van der Waals surface area contributed by atoms with E-state index >= 15 is 0 Å². The van der Waals surface area contributed by atoms with E-state index in [1.54, 1.807) is 10.9 Å². The number of piperidine rings is 1. The Labute approximate surface area is 179 Å². The summed E-state index contributed by atoms with van der Waals surface area (Å²) in [6.45, 7) is 4.38. The lowest BCUT2D eigenvalue weighted by Gasteiger charge is -2.42. The minimum Gasteiger partial charge on any atom is -0.390 e. The van der Waals surface area contributed by atoms with Crippen molar-refractivity contribution in [1.82, 2.24) is 29.5 Å². The molecule has 3 aromatic rings. The lowest BCUT2D eigenvalue weighted by Crippen LogP contribution is -2.45. The van der Waals surface area contributed by atoms with Crippen LogP contribution in [0.25, 0.3) is 0 Å². The van der Waals surface area contributed by atoms with Crippen molar-refractivity contribution < 1.29 is 5.11 Å². The van der Waals surface area contributed by atoms with Crippen molar-refractivity contribution in [1.29, 1.82) is 0 Å². The first-order chi connectivity index (χ1) is 14.5. The van der Waals surface area contributed by atoms with E-state index in [0.717, 1.165) is 59.7 Å². The van der Waals surface area contributed by atoms with Crippen molar-refractivity contribution in [2.75, 3.05) is 18.0 Å². The highest BCUT2D eigenvalue weighted by molar-refractivity contribution is 7.99. The summed E-state index contributed by atoms with van der Waals surface area (Å²) >= 11 is 1.51. The standard InChI is InChI=1S/C20H26N8OS/c1-13-19(30-16-4-8-22-26(16)2)25-14(11-29)18(24-13)27-9-5-20(6-10-27)12-28-15(17(20)21)3-7-23-28/h3-4,7-8,17,29H,5-6,9-12,21H2,1-2H3. The maximum absolute atomic E-state index is 10.00. The Balaban J connectivity index is 1.36. The van der Waals surface area contributed by atoms with Gasteiger partial charge in [-0.3, -0.25) is 9.36 Å². The van der Waals surface area contributed by atoms with Crippen LogP contribution in [0.5, 0.6) is 0 Å².